The zero-order valence-corrected chi connectivity index (χ0v) is 11.2. The number of carbonyl (C=O) groups is 1. The van der Waals surface area contributed by atoms with Crippen LogP contribution in [0.3, 0.4) is 0 Å². The Labute approximate surface area is 110 Å². The van der Waals surface area contributed by atoms with Crippen molar-refractivity contribution in [1.29, 1.82) is 0 Å². The first-order valence-corrected chi connectivity index (χ1v) is 7.03. The molecule has 1 fully saturated rings. The van der Waals surface area contributed by atoms with Gasteiger partial charge in [0, 0.05) is 24.8 Å². The Morgan fingerprint density at radius 1 is 1.28 bits per heavy atom. The minimum absolute atomic E-state index is 0.0628. The summed E-state index contributed by atoms with van der Waals surface area (Å²) < 4.78 is 0. The Kier molecular flexibility index (Phi) is 6.82. The van der Waals surface area contributed by atoms with E-state index in [9.17, 15) is 9.90 Å². The van der Waals surface area contributed by atoms with Gasteiger partial charge in [0.2, 0.25) is 5.91 Å². The van der Waals surface area contributed by atoms with Crippen LogP contribution >= 0.6 is 0 Å². The molecule has 0 aromatic heterocycles. The Morgan fingerprint density at radius 3 is 2.61 bits per heavy atom. The molecular weight excluding hydrogens is 226 g/mol. The number of aliphatic hydroxyl groups excluding tert-OH is 1. The number of hydrogen-bond acceptors (Lipinski definition) is 2. The largest absolute Gasteiger partial charge is 0.396 e. The van der Waals surface area contributed by atoms with Gasteiger partial charge in [-0.25, -0.2) is 0 Å². The Hall–Kier alpha value is -1.01. The zero-order valence-electron chi connectivity index (χ0n) is 11.2. The van der Waals surface area contributed by atoms with Gasteiger partial charge in [-0.1, -0.05) is 19.3 Å². The van der Waals surface area contributed by atoms with Gasteiger partial charge in [0.05, 0.1) is 6.61 Å². The molecule has 0 unspecified atom stereocenters. The number of amides is 1. The standard InChI is InChI=1S/C15H25NO2/c1-2-3-4-6-9-14(18)16-12-15(13-17)10-7-5-8-11-15/h1,17H,3-13H2,(H,16,18). The van der Waals surface area contributed by atoms with Crippen LogP contribution in [0.5, 0.6) is 0 Å². The van der Waals surface area contributed by atoms with Crippen LogP contribution in [0.25, 0.3) is 0 Å². The first kappa shape index (κ1) is 15.0. The molecule has 18 heavy (non-hydrogen) atoms. The maximum Gasteiger partial charge on any atom is 0.220 e. The molecule has 0 atom stereocenters. The Balaban J connectivity index is 2.21. The third-order valence-corrected chi connectivity index (χ3v) is 3.89. The summed E-state index contributed by atoms with van der Waals surface area (Å²) in [5, 5.41) is 12.5. The van der Waals surface area contributed by atoms with Crippen LogP contribution in [-0.2, 0) is 4.79 Å². The van der Waals surface area contributed by atoms with Gasteiger partial charge >= 0.3 is 0 Å². The number of rotatable bonds is 7. The lowest BCUT2D eigenvalue weighted by Crippen LogP contribution is -2.41. The fraction of sp³-hybridized carbons (Fsp3) is 0.800. The number of unbranched alkanes of at least 4 members (excludes halogenated alkanes) is 2. The Bertz CT molecular complexity index is 287. The molecule has 0 aromatic carbocycles. The topological polar surface area (TPSA) is 49.3 Å². The van der Waals surface area contributed by atoms with Crippen molar-refractivity contribution in [1.82, 2.24) is 5.32 Å². The molecule has 0 radical (unpaired) electrons. The Morgan fingerprint density at radius 2 is 2.00 bits per heavy atom. The minimum atomic E-state index is -0.0628. The first-order valence-electron chi connectivity index (χ1n) is 7.03. The number of carbonyl (C=O) groups excluding carboxylic acids is 1. The average molecular weight is 251 g/mol. The highest BCUT2D eigenvalue weighted by molar-refractivity contribution is 5.75. The van der Waals surface area contributed by atoms with Crippen molar-refractivity contribution < 1.29 is 9.90 Å². The zero-order chi connectivity index (χ0) is 13.3. The molecule has 1 rings (SSSR count). The third-order valence-electron chi connectivity index (χ3n) is 3.89. The monoisotopic (exact) mass is 251 g/mol. The average Bonchev–Trinajstić information content (AvgIpc) is 2.42. The maximum atomic E-state index is 11.7. The lowest BCUT2D eigenvalue weighted by atomic mass is 9.74. The predicted octanol–water partition coefficient (Wildman–Crippen LogP) is 2.24. The highest BCUT2D eigenvalue weighted by atomic mass is 16.3. The van der Waals surface area contributed by atoms with Gasteiger partial charge in [-0.15, -0.1) is 12.3 Å². The van der Waals surface area contributed by atoms with Crippen LogP contribution in [0.4, 0.5) is 0 Å². The smallest absolute Gasteiger partial charge is 0.220 e. The van der Waals surface area contributed by atoms with Crippen molar-refractivity contribution in [2.24, 2.45) is 5.41 Å². The summed E-state index contributed by atoms with van der Waals surface area (Å²) in [6.07, 6.45) is 13.8. The number of aliphatic hydroxyl groups is 1. The van der Waals surface area contributed by atoms with Crippen LogP contribution in [0.1, 0.15) is 57.8 Å². The molecule has 2 N–H and O–H groups in total. The van der Waals surface area contributed by atoms with E-state index in [-0.39, 0.29) is 17.9 Å². The van der Waals surface area contributed by atoms with Gasteiger partial charge in [-0.2, -0.15) is 0 Å². The fourth-order valence-corrected chi connectivity index (χ4v) is 2.58. The molecule has 1 aliphatic carbocycles. The van der Waals surface area contributed by atoms with Crippen molar-refractivity contribution in [2.75, 3.05) is 13.2 Å². The number of hydrogen-bond donors (Lipinski definition) is 2. The van der Waals surface area contributed by atoms with Crippen LogP contribution in [0.15, 0.2) is 0 Å². The number of nitrogens with one attached hydrogen (secondary N) is 1. The summed E-state index contributed by atoms with van der Waals surface area (Å²) in [6, 6.07) is 0. The molecular formula is C15H25NO2. The van der Waals surface area contributed by atoms with Crippen molar-refractivity contribution in [3.05, 3.63) is 0 Å². The quantitative estimate of drug-likeness (QED) is 0.538. The SMILES string of the molecule is C#CCCCCC(=O)NCC1(CO)CCCCC1. The second kappa shape index (κ2) is 8.16. The summed E-state index contributed by atoms with van der Waals surface area (Å²) in [5.41, 5.74) is -0.0628. The summed E-state index contributed by atoms with van der Waals surface area (Å²) >= 11 is 0. The third kappa shape index (κ3) is 5.10. The van der Waals surface area contributed by atoms with Gasteiger partial charge in [-0.3, -0.25) is 4.79 Å². The molecule has 0 aromatic rings. The van der Waals surface area contributed by atoms with E-state index in [0.717, 1.165) is 32.1 Å². The van der Waals surface area contributed by atoms with Gasteiger partial charge < -0.3 is 10.4 Å². The van der Waals surface area contributed by atoms with E-state index < -0.39 is 0 Å². The summed E-state index contributed by atoms with van der Waals surface area (Å²) in [5.74, 6) is 2.66. The van der Waals surface area contributed by atoms with E-state index in [4.69, 9.17) is 6.42 Å². The van der Waals surface area contributed by atoms with Crippen LogP contribution in [0.2, 0.25) is 0 Å². The van der Waals surface area contributed by atoms with E-state index in [0.29, 0.717) is 13.0 Å². The molecule has 1 amide bonds. The van der Waals surface area contributed by atoms with E-state index >= 15 is 0 Å². The molecule has 0 bridgehead atoms. The molecule has 1 aliphatic rings. The van der Waals surface area contributed by atoms with Gasteiger partial charge in [0.1, 0.15) is 0 Å². The molecule has 3 heteroatoms. The van der Waals surface area contributed by atoms with Crippen molar-refractivity contribution in [3.8, 4) is 12.3 Å². The summed E-state index contributed by atoms with van der Waals surface area (Å²) in [6.45, 7) is 0.807. The molecule has 102 valence electrons. The maximum absolute atomic E-state index is 11.7. The molecule has 0 spiro atoms. The van der Waals surface area contributed by atoms with Gasteiger partial charge in [-0.05, 0) is 25.7 Å². The molecule has 0 saturated heterocycles. The molecule has 1 saturated carbocycles. The van der Waals surface area contributed by atoms with E-state index in [2.05, 4.69) is 11.2 Å². The second-order valence-corrected chi connectivity index (χ2v) is 5.41. The van der Waals surface area contributed by atoms with Crippen LogP contribution in [-0.4, -0.2) is 24.2 Å². The molecule has 0 aliphatic heterocycles. The summed E-state index contributed by atoms with van der Waals surface area (Å²) in [4.78, 5) is 11.7. The first-order chi connectivity index (χ1) is 8.72. The highest BCUT2D eigenvalue weighted by Crippen LogP contribution is 2.35. The van der Waals surface area contributed by atoms with Crippen molar-refractivity contribution in [2.45, 2.75) is 57.8 Å². The lowest BCUT2D eigenvalue weighted by molar-refractivity contribution is -0.122. The normalized spacial score (nSPS) is 18.0. The molecule has 0 heterocycles. The second-order valence-electron chi connectivity index (χ2n) is 5.41. The van der Waals surface area contributed by atoms with Crippen LogP contribution < -0.4 is 5.32 Å². The van der Waals surface area contributed by atoms with Crippen molar-refractivity contribution >= 4 is 5.91 Å². The minimum Gasteiger partial charge on any atom is -0.396 e. The van der Waals surface area contributed by atoms with E-state index in [1.807, 2.05) is 0 Å². The van der Waals surface area contributed by atoms with E-state index in [1.54, 1.807) is 0 Å². The summed E-state index contributed by atoms with van der Waals surface area (Å²) in [7, 11) is 0. The number of terminal acetylenes is 1. The van der Waals surface area contributed by atoms with Crippen LogP contribution in [0, 0.1) is 17.8 Å². The lowest BCUT2D eigenvalue weighted by Gasteiger charge is -2.35. The molecule has 3 nitrogen and oxygen atoms in total. The highest BCUT2D eigenvalue weighted by Gasteiger charge is 2.31. The fourth-order valence-electron chi connectivity index (χ4n) is 2.58. The van der Waals surface area contributed by atoms with Gasteiger partial charge in [0.25, 0.3) is 0 Å². The van der Waals surface area contributed by atoms with Gasteiger partial charge in [0.15, 0.2) is 0 Å². The predicted molar refractivity (Wildman–Crippen MR) is 72.9 cm³/mol. The van der Waals surface area contributed by atoms with E-state index in [1.165, 1.54) is 19.3 Å². The van der Waals surface area contributed by atoms with Crippen molar-refractivity contribution in [3.63, 3.8) is 0 Å².